The molecular weight excluding hydrogens is 351 g/mol. The van der Waals surface area contributed by atoms with Crippen LogP contribution in [0.1, 0.15) is 5.56 Å². The summed E-state index contributed by atoms with van der Waals surface area (Å²) in [6.07, 6.45) is 2.58. The van der Waals surface area contributed by atoms with Crippen molar-refractivity contribution >= 4 is 22.8 Å². The molecule has 1 amide bonds. The first-order valence-corrected chi connectivity index (χ1v) is 8.47. The second-order valence-corrected chi connectivity index (χ2v) is 5.87. The van der Waals surface area contributed by atoms with Crippen molar-refractivity contribution in [3.8, 4) is 5.75 Å². The fourth-order valence-corrected chi connectivity index (χ4v) is 2.61. The first-order chi connectivity index (χ1) is 13.1. The van der Waals surface area contributed by atoms with Gasteiger partial charge in [0.1, 0.15) is 11.6 Å². The Morgan fingerprint density at radius 1 is 1.07 bits per heavy atom. The van der Waals surface area contributed by atoms with Crippen LogP contribution in [-0.2, 0) is 20.7 Å². The number of nitrogens with one attached hydrogen (secondary N) is 2. The second kappa shape index (κ2) is 8.84. The van der Waals surface area contributed by atoms with Crippen LogP contribution in [0.3, 0.4) is 0 Å². The van der Waals surface area contributed by atoms with Crippen molar-refractivity contribution in [2.24, 2.45) is 0 Å². The summed E-state index contributed by atoms with van der Waals surface area (Å²) in [4.78, 5) is 26.5. The molecule has 1 heterocycles. The smallest absolute Gasteiger partial charge is 0.344 e. The summed E-state index contributed by atoms with van der Waals surface area (Å²) in [6.45, 7) is -0.358. The van der Waals surface area contributed by atoms with Crippen molar-refractivity contribution in [2.45, 2.75) is 6.42 Å². The predicted octanol–water partition coefficient (Wildman–Crippen LogP) is 2.59. The Kier molecular flexibility index (Phi) is 6.04. The molecule has 0 radical (unpaired) electrons. The average molecular weight is 370 g/mol. The molecule has 2 N–H and O–H groups in total. The highest BCUT2D eigenvalue weighted by Crippen LogP contribution is 2.17. The zero-order valence-corrected chi connectivity index (χ0v) is 14.5. The molecule has 0 aliphatic rings. The molecule has 0 spiro atoms. The van der Waals surface area contributed by atoms with Gasteiger partial charge in [0.05, 0.1) is 0 Å². The lowest BCUT2D eigenvalue weighted by atomic mass is 10.1. The van der Waals surface area contributed by atoms with Crippen molar-refractivity contribution in [1.82, 2.24) is 10.3 Å². The van der Waals surface area contributed by atoms with Crippen LogP contribution < -0.4 is 10.1 Å². The number of halogens is 1. The third kappa shape index (κ3) is 5.31. The van der Waals surface area contributed by atoms with Gasteiger partial charge in [-0.2, -0.15) is 0 Å². The van der Waals surface area contributed by atoms with E-state index >= 15 is 0 Å². The van der Waals surface area contributed by atoms with Gasteiger partial charge in [-0.25, -0.2) is 9.18 Å². The van der Waals surface area contributed by atoms with Crippen LogP contribution >= 0.6 is 0 Å². The predicted molar refractivity (Wildman–Crippen MR) is 97.9 cm³/mol. The number of hydrogen-bond acceptors (Lipinski definition) is 4. The summed E-state index contributed by atoms with van der Waals surface area (Å²) in [5.41, 5.74) is 2.15. The van der Waals surface area contributed by atoms with E-state index < -0.39 is 24.3 Å². The Bertz CT molecular complexity index is 938. The Balaban J connectivity index is 1.35. The Morgan fingerprint density at radius 2 is 1.93 bits per heavy atom. The van der Waals surface area contributed by atoms with Gasteiger partial charge in [-0.1, -0.05) is 24.3 Å². The lowest BCUT2D eigenvalue weighted by Crippen LogP contribution is -2.31. The van der Waals surface area contributed by atoms with Crippen LogP contribution in [0.25, 0.3) is 10.9 Å². The SMILES string of the molecule is O=C(COC(=O)COc1cccc(F)c1)NCCc1c[nH]c2ccccc12. The van der Waals surface area contributed by atoms with E-state index in [-0.39, 0.29) is 12.4 Å². The highest BCUT2D eigenvalue weighted by molar-refractivity contribution is 5.83. The zero-order chi connectivity index (χ0) is 19.1. The van der Waals surface area contributed by atoms with Crippen LogP contribution in [0.2, 0.25) is 0 Å². The normalized spacial score (nSPS) is 10.6. The number of aromatic amines is 1. The Hall–Kier alpha value is -3.35. The van der Waals surface area contributed by atoms with Crippen LogP contribution in [-0.4, -0.2) is 36.6 Å². The van der Waals surface area contributed by atoms with E-state index in [0.717, 1.165) is 22.5 Å². The number of fused-ring (bicyclic) bond motifs is 1. The molecule has 0 saturated heterocycles. The molecule has 3 aromatic rings. The molecule has 1 aromatic heterocycles. The molecule has 3 rings (SSSR count). The number of aromatic nitrogens is 1. The van der Waals surface area contributed by atoms with Gasteiger partial charge in [-0.3, -0.25) is 4.79 Å². The van der Waals surface area contributed by atoms with Crippen molar-refractivity contribution in [1.29, 1.82) is 0 Å². The molecule has 0 saturated carbocycles. The highest BCUT2D eigenvalue weighted by Gasteiger charge is 2.09. The van der Waals surface area contributed by atoms with Crippen LogP contribution in [0.15, 0.2) is 54.7 Å². The van der Waals surface area contributed by atoms with Gasteiger partial charge in [-0.15, -0.1) is 0 Å². The molecule has 0 aliphatic heterocycles. The van der Waals surface area contributed by atoms with E-state index in [4.69, 9.17) is 9.47 Å². The molecular formula is C20H19FN2O4. The van der Waals surface area contributed by atoms with Gasteiger partial charge in [0.25, 0.3) is 5.91 Å². The van der Waals surface area contributed by atoms with Gasteiger partial charge < -0.3 is 19.8 Å². The first kappa shape index (κ1) is 18.4. The molecule has 0 unspecified atom stereocenters. The molecule has 0 fully saturated rings. The number of carbonyl (C=O) groups is 2. The number of benzene rings is 2. The van der Waals surface area contributed by atoms with Gasteiger partial charge >= 0.3 is 5.97 Å². The monoisotopic (exact) mass is 370 g/mol. The fourth-order valence-electron chi connectivity index (χ4n) is 2.61. The standard InChI is InChI=1S/C20H19FN2O4/c21-15-4-3-5-16(10-15)26-13-20(25)27-12-19(24)22-9-8-14-11-23-18-7-2-1-6-17(14)18/h1-7,10-11,23H,8-9,12-13H2,(H,22,24). The minimum Gasteiger partial charge on any atom is -0.482 e. The van der Waals surface area contributed by atoms with Crippen molar-refractivity contribution < 1.29 is 23.5 Å². The van der Waals surface area contributed by atoms with Crippen LogP contribution in [0.5, 0.6) is 5.75 Å². The summed E-state index contributed by atoms with van der Waals surface area (Å²) in [5.74, 6) is -1.34. The van der Waals surface area contributed by atoms with E-state index in [1.807, 2.05) is 30.5 Å². The van der Waals surface area contributed by atoms with Crippen molar-refractivity contribution in [2.75, 3.05) is 19.8 Å². The average Bonchev–Trinajstić information content (AvgIpc) is 3.08. The fraction of sp³-hybridized carbons (Fsp3) is 0.200. The maximum Gasteiger partial charge on any atom is 0.344 e. The van der Waals surface area contributed by atoms with Crippen LogP contribution in [0.4, 0.5) is 4.39 Å². The minimum atomic E-state index is -0.703. The number of amides is 1. The third-order valence-corrected chi connectivity index (χ3v) is 3.91. The van der Waals surface area contributed by atoms with Gasteiger partial charge in [0.15, 0.2) is 13.2 Å². The topological polar surface area (TPSA) is 80.4 Å². The van der Waals surface area contributed by atoms with E-state index in [9.17, 15) is 14.0 Å². The first-order valence-electron chi connectivity index (χ1n) is 8.47. The quantitative estimate of drug-likeness (QED) is 0.597. The van der Waals surface area contributed by atoms with Crippen molar-refractivity contribution in [3.05, 3.63) is 66.1 Å². The van der Waals surface area contributed by atoms with E-state index in [1.165, 1.54) is 18.2 Å². The van der Waals surface area contributed by atoms with Gasteiger partial charge in [-0.05, 0) is 30.2 Å². The maximum absolute atomic E-state index is 13.0. The zero-order valence-electron chi connectivity index (χ0n) is 14.5. The summed E-state index contributed by atoms with van der Waals surface area (Å²) in [6, 6.07) is 13.3. The third-order valence-electron chi connectivity index (χ3n) is 3.91. The number of esters is 1. The Morgan fingerprint density at radius 3 is 2.78 bits per heavy atom. The summed E-state index contributed by atoms with van der Waals surface area (Å²) in [7, 11) is 0. The lowest BCUT2D eigenvalue weighted by Gasteiger charge is -2.08. The lowest BCUT2D eigenvalue weighted by molar-refractivity contribution is -0.150. The molecule has 6 nitrogen and oxygen atoms in total. The highest BCUT2D eigenvalue weighted by atomic mass is 19.1. The van der Waals surface area contributed by atoms with E-state index in [0.29, 0.717) is 13.0 Å². The maximum atomic E-state index is 13.0. The molecule has 0 bridgehead atoms. The molecule has 140 valence electrons. The molecule has 2 aromatic carbocycles. The van der Waals surface area contributed by atoms with Crippen molar-refractivity contribution in [3.63, 3.8) is 0 Å². The van der Waals surface area contributed by atoms with Gasteiger partial charge in [0.2, 0.25) is 0 Å². The number of para-hydroxylation sites is 1. The minimum absolute atomic E-state index is 0.218. The Labute approximate surface area is 155 Å². The summed E-state index contributed by atoms with van der Waals surface area (Å²) in [5, 5.41) is 3.82. The van der Waals surface area contributed by atoms with Gasteiger partial charge in [0, 0.05) is 29.7 Å². The summed E-state index contributed by atoms with van der Waals surface area (Å²) >= 11 is 0. The molecule has 0 atom stereocenters. The second-order valence-electron chi connectivity index (χ2n) is 5.87. The number of ether oxygens (including phenoxy) is 2. The van der Waals surface area contributed by atoms with Crippen LogP contribution in [0, 0.1) is 5.82 Å². The molecule has 27 heavy (non-hydrogen) atoms. The molecule has 0 aliphatic carbocycles. The number of carbonyl (C=O) groups excluding carboxylic acids is 2. The summed E-state index contributed by atoms with van der Waals surface area (Å²) < 4.78 is 22.9. The number of hydrogen-bond donors (Lipinski definition) is 2. The van der Waals surface area contributed by atoms with E-state index in [1.54, 1.807) is 0 Å². The number of rotatable bonds is 8. The molecule has 7 heteroatoms. The van der Waals surface area contributed by atoms with E-state index in [2.05, 4.69) is 10.3 Å². The largest absolute Gasteiger partial charge is 0.482 e. The number of H-pyrrole nitrogens is 1.